The van der Waals surface area contributed by atoms with Gasteiger partial charge in [0.25, 0.3) is 11.8 Å². The molecule has 2 saturated heterocycles. The fourth-order valence-electron chi connectivity index (χ4n) is 9.09. The quantitative estimate of drug-likeness (QED) is 0.134. The zero-order valence-corrected chi connectivity index (χ0v) is 39.7. The molecule has 2 unspecified atom stereocenters. The maximum atomic E-state index is 15.1. The predicted molar refractivity (Wildman–Crippen MR) is 252 cm³/mol. The molecule has 0 aromatic heterocycles. The van der Waals surface area contributed by atoms with Crippen molar-refractivity contribution >= 4 is 58.9 Å². The molecule has 5 aliphatic rings. The topological polar surface area (TPSA) is 204 Å². The predicted octanol–water partition coefficient (Wildman–Crippen LogP) is 3.90. The van der Waals surface area contributed by atoms with Crippen molar-refractivity contribution in [2.75, 3.05) is 64.5 Å². The summed E-state index contributed by atoms with van der Waals surface area (Å²) in [5.41, 5.74) is 0.494. The fourth-order valence-corrected chi connectivity index (χ4v) is 10.6. The number of ether oxygens (including phenoxy) is 1. The number of carbonyl (C=O) groups excluding carboxylic acids is 4. The fraction of sp³-hybridized carbons (Fsp3) is 0.574. The third-order valence-corrected chi connectivity index (χ3v) is 15.3. The Hall–Kier alpha value is -5.09. The summed E-state index contributed by atoms with van der Waals surface area (Å²) in [5, 5.41) is 35.3. The van der Waals surface area contributed by atoms with Crippen LogP contribution in [0.2, 0.25) is 0 Å². The van der Waals surface area contributed by atoms with Crippen molar-refractivity contribution in [1.29, 1.82) is 5.26 Å². The number of benzene rings is 2. The zero-order valence-electron chi connectivity index (χ0n) is 38.1. The number of methoxy groups -OCH3 is 1. The number of β-amino-alcohol motifs (C(OH)–C–C–N with tert-alkyl or cyclic N) is 1. The van der Waals surface area contributed by atoms with E-state index in [1.54, 1.807) is 68.5 Å². The maximum Gasteiger partial charge on any atom is 0.258 e. The summed E-state index contributed by atoms with van der Waals surface area (Å²) in [7, 11) is 3.33. The highest BCUT2D eigenvalue weighted by Gasteiger charge is 2.54. The molecule has 356 valence electrons. The van der Waals surface area contributed by atoms with Crippen LogP contribution in [0.4, 0.5) is 10.1 Å². The lowest BCUT2D eigenvalue weighted by Crippen LogP contribution is -2.61. The number of carbonyl (C=O) groups is 4. The van der Waals surface area contributed by atoms with Gasteiger partial charge in [-0.1, -0.05) is 23.7 Å². The first kappa shape index (κ1) is 48.8. The number of likely N-dealkylation sites (tertiary alicyclic amines) is 1. The Morgan fingerprint density at radius 1 is 1.08 bits per heavy atom. The first-order valence-electron chi connectivity index (χ1n) is 22.8. The standard InChI is InChI=1S/C47H62ClFN10O6S/c1-46(2,39(55-44(64)47(49)15-16-47)43(63)59-27-34(60)22-37(59)41(61)52-24-30-7-5-29(23-50)6-8-30)66-28-32-11-9-31(10-12-32)26-57-17-19-58(20-18-57)42(62)33-13-14-36(38(21-33)65-4)54-45-53-25-35(48)40(51-3)56-45/h5-8,13-14,21,25,31-32,34,37,39,45,51,54,56,60H,9-12,15-20,22,24,26-28H2,1-4H3,(H,52,61)(H,55,64)/t31?,32?,34-,37?,39-,45?/m1/s1. The largest absolute Gasteiger partial charge is 0.495 e. The number of allylic oxidation sites excluding steroid dienone is 1. The Balaban J connectivity index is 0.877. The Morgan fingerprint density at radius 3 is 2.42 bits per heavy atom. The van der Waals surface area contributed by atoms with Crippen LogP contribution in [0.25, 0.3) is 0 Å². The van der Waals surface area contributed by atoms with Gasteiger partial charge in [-0.25, -0.2) is 9.38 Å². The van der Waals surface area contributed by atoms with Gasteiger partial charge in [0.2, 0.25) is 11.8 Å². The maximum absolute atomic E-state index is 15.1. The Labute approximate surface area is 395 Å². The summed E-state index contributed by atoms with van der Waals surface area (Å²) in [6, 6.07) is 12.1. The van der Waals surface area contributed by atoms with E-state index in [2.05, 4.69) is 42.5 Å². The number of nitrogens with zero attached hydrogens (tertiary/aromatic N) is 5. The van der Waals surface area contributed by atoms with Crippen LogP contribution >= 0.6 is 23.4 Å². The van der Waals surface area contributed by atoms with Gasteiger partial charge in [0.05, 0.1) is 35.6 Å². The summed E-state index contributed by atoms with van der Waals surface area (Å²) < 4.78 is 19.9. The highest BCUT2D eigenvalue weighted by atomic mass is 35.5. The first-order chi connectivity index (χ1) is 31.6. The van der Waals surface area contributed by atoms with E-state index in [4.69, 9.17) is 21.6 Å². The third-order valence-electron chi connectivity index (χ3n) is 13.4. The van der Waals surface area contributed by atoms with Crippen LogP contribution in [0.1, 0.15) is 80.3 Å². The normalized spacial score (nSPS) is 24.4. The molecule has 4 amide bonds. The van der Waals surface area contributed by atoms with Gasteiger partial charge in [0.15, 0.2) is 12.0 Å². The lowest BCUT2D eigenvalue weighted by atomic mass is 9.82. The highest BCUT2D eigenvalue weighted by molar-refractivity contribution is 8.00. The molecule has 0 bridgehead atoms. The molecule has 6 N–H and O–H groups in total. The van der Waals surface area contributed by atoms with Crippen molar-refractivity contribution in [2.45, 2.75) is 100 Å². The highest BCUT2D eigenvalue weighted by Crippen LogP contribution is 2.42. The molecule has 2 aliphatic carbocycles. The molecule has 3 heterocycles. The molecule has 2 aromatic rings. The molecule has 0 spiro atoms. The van der Waals surface area contributed by atoms with E-state index in [0.717, 1.165) is 56.6 Å². The van der Waals surface area contributed by atoms with E-state index in [1.807, 2.05) is 24.8 Å². The van der Waals surface area contributed by atoms with Gasteiger partial charge in [-0.15, -0.1) is 0 Å². The lowest BCUT2D eigenvalue weighted by Gasteiger charge is -2.40. The first-order valence-corrected chi connectivity index (χ1v) is 24.2. The monoisotopic (exact) mass is 948 g/mol. The number of amides is 4. The lowest BCUT2D eigenvalue weighted by molar-refractivity contribution is -0.143. The minimum atomic E-state index is -2.00. The van der Waals surface area contributed by atoms with Gasteiger partial charge in [-0.2, -0.15) is 17.0 Å². The summed E-state index contributed by atoms with van der Waals surface area (Å²) in [4.78, 5) is 64.7. The van der Waals surface area contributed by atoms with E-state index in [1.165, 1.54) is 4.90 Å². The molecule has 19 heteroatoms. The van der Waals surface area contributed by atoms with E-state index in [9.17, 15) is 24.3 Å². The molecular weight excluding hydrogens is 887 g/mol. The number of piperazine rings is 1. The van der Waals surface area contributed by atoms with Crippen LogP contribution in [0, 0.1) is 23.2 Å². The zero-order chi connectivity index (χ0) is 47.2. The van der Waals surface area contributed by atoms with Gasteiger partial charge in [0, 0.05) is 75.8 Å². The van der Waals surface area contributed by atoms with Crippen molar-refractivity contribution in [1.82, 2.24) is 36.0 Å². The van der Waals surface area contributed by atoms with Gasteiger partial charge in [-0.05, 0) is 106 Å². The van der Waals surface area contributed by atoms with Crippen LogP contribution in [-0.2, 0) is 20.9 Å². The molecule has 4 atom stereocenters. The van der Waals surface area contributed by atoms with Crippen molar-refractivity contribution in [3.05, 3.63) is 70.0 Å². The Morgan fingerprint density at radius 2 is 1.77 bits per heavy atom. The molecule has 3 aliphatic heterocycles. The third kappa shape index (κ3) is 11.9. The van der Waals surface area contributed by atoms with E-state index in [-0.39, 0.29) is 38.3 Å². The molecule has 66 heavy (non-hydrogen) atoms. The number of hydrogen-bond acceptors (Lipinski definition) is 13. The molecule has 16 nitrogen and oxygen atoms in total. The number of nitriles is 1. The Kier molecular flexibility index (Phi) is 15.7. The van der Waals surface area contributed by atoms with Crippen molar-refractivity contribution in [3.8, 4) is 11.8 Å². The molecule has 0 radical (unpaired) electrons. The second kappa shape index (κ2) is 21.3. The van der Waals surface area contributed by atoms with E-state index >= 15 is 4.39 Å². The van der Waals surface area contributed by atoms with Gasteiger partial charge < -0.3 is 46.2 Å². The molecule has 4 fully saturated rings. The van der Waals surface area contributed by atoms with Crippen LogP contribution in [0.15, 0.2) is 58.3 Å². The van der Waals surface area contributed by atoms with Crippen molar-refractivity contribution in [3.63, 3.8) is 0 Å². The van der Waals surface area contributed by atoms with Gasteiger partial charge in [-0.3, -0.25) is 24.1 Å². The van der Waals surface area contributed by atoms with Crippen LogP contribution in [0.3, 0.4) is 0 Å². The molecule has 2 aromatic carbocycles. The number of nitrogens with one attached hydrogen (secondary N) is 5. The average Bonchev–Trinajstić information content (AvgIpc) is 3.97. The van der Waals surface area contributed by atoms with Crippen LogP contribution in [-0.4, -0.2) is 144 Å². The van der Waals surface area contributed by atoms with Crippen molar-refractivity contribution in [2.24, 2.45) is 16.8 Å². The summed E-state index contributed by atoms with van der Waals surface area (Å²) in [6.45, 7) is 7.64. The van der Waals surface area contributed by atoms with Crippen LogP contribution < -0.4 is 31.3 Å². The number of thioether (sulfide) groups is 1. The van der Waals surface area contributed by atoms with Crippen LogP contribution in [0.5, 0.6) is 5.75 Å². The number of hydrogen-bond donors (Lipinski definition) is 6. The number of alkyl halides is 1. The smallest absolute Gasteiger partial charge is 0.258 e. The number of aliphatic hydroxyl groups is 1. The average molecular weight is 950 g/mol. The molecule has 7 rings (SSSR count). The number of aliphatic imine (C=N–C) groups is 1. The summed E-state index contributed by atoms with van der Waals surface area (Å²) in [5.74, 6) is 1.02. The van der Waals surface area contributed by atoms with Gasteiger partial charge in [0.1, 0.15) is 23.7 Å². The summed E-state index contributed by atoms with van der Waals surface area (Å²) >= 11 is 7.75. The summed E-state index contributed by atoms with van der Waals surface area (Å²) in [6.07, 6.45) is 4.53. The van der Waals surface area contributed by atoms with Crippen molar-refractivity contribution < 1.29 is 33.4 Å². The minimum Gasteiger partial charge on any atom is -0.495 e. The molecule has 2 saturated carbocycles. The second-order valence-corrected chi connectivity index (χ2v) is 20.6. The number of halogens is 2. The SMILES string of the molecule is CNC1=C(Cl)C=NC(Nc2ccc(C(=O)N3CCN(CC4CCC(CSC(C)(C)[C@H](NC(=O)C5(F)CC5)C(=O)N5C[C@H](O)CC5C(=O)NCc5ccc(C#N)cc5)CC4)CC3)cc2OC)N1. The Bertz CT molecular complexity index is 2200. The second-order valence-electron chi connectivity index (χ2n) is 18.5. The number of anilines is 1. The number of rotatable bonds is 17. The van der Waals surface area contributed by atoms with E-state index in [0.29, 0.717) is 58.3 Å². The minimum absolute atomic E-state index is 0.0368. The van der Waals surface area contributed by atoms with Gasteiger partial charge >= 0.3 is 0 Å². The number of aliphatic hydroxyl groups excluding tert-OH is 1. The molecular formula is C47H62ClFN10O6S. The van der Waals surface area contributed by atoms with E-state index < -0.39 is 52.6 Å².